The third-order valence-electron chi connectivity index (χ3n) is 3.48. The van der Waals surface area contributed by atoms with E-state index in [0.29, 0.717) is 11.2 Å². The first-order chi connectivity index (χ1) is 10.5. The van der Waals surface area contributed by atoms with Crippen LogP contribution in [0.25, 0.3) is 5.65 Å². The largest absolute Gasteiger partial charge is 0.383 e. The van der Waals surface area contributed by atoms with Crippen LogP contribution < -0.4 is 5.32 Å². The Bertz CT molecular complexity index is 808. The number of aliphatic hydroxyl groups is 1. The van der Waals surface area contributed by atoms with Crippen LogP contribution in [-0.4, -0.2) is 32.2 Å². The zero-order valence-electron chi connectivity index (χ0n) is 12.3. The average molecular weight is 316 g/mol. The Labute approximate surface area is 131 Å². The standard InChI is InChI=1S/C15H16N4O2S/c1-10-17-18-13-6-5-11(8-19(10)13)14(20)16-9-15(2,21)12-4-3-7-22-12/h3-8,21H,9H2,1-2H3,(H,16,20). The molecule has 0 aromatic carbocycles. The Balaban J connectivity index is 1.74. The van der Waals surface area contributed by atoms with E-state index >= 15 is 0 Å². The molecule has 0 bridgehead atoms. The minimum Gasteiger partial charge on any atom is -0.383 e. The molecule has 22 heavy (non-hydrogen) atoms. The summed E-state index contributed by atoms with van der Waals surface area (Å²) >= 11 is 1.46. The Hall–Kier alpha value is -2.25. The molecule has 0 aliphatic carbocycles. The van der Waals surface area contributed by atoms with Crippen molar-refractivity contribution in [1.29, 1.82) is 0 Å². The number of thiophene rings is 1. The van der Waals surface area contributed by atoms with Crippen LogP contribution in [0.1, 0.15) is 28.0 Å². The second-order valence-electron chi connectivity index (χ2n) is 5.33. The molecule has 1 unspecified atom stereocenters. The van der Waals surface area contributed by atoms with Crippen molar-refractivity contribution in [3.8, 4) is 0 Å². The molecule has 0 saturated heterocycles. The Morgan fingerprint density at radius 1 is 1.41 bits per heavy atom. The van der Waals surface area contributed by atoms with Crippen LogP contribution in [0, 0.1) is 6.92 Å². The van der Waals surface area contributed by atoms with Crippen molar-refractivity contribution < 1.29 is 9.90 Å². The second-order valence-corrected chi connectivity index (χ2v) is 6.27. The van der Waals surface area contributed by atoms with E-state index in [1.807, 2.05) is 24.4 Å². The van der Waals surface area contributed by atoms with Gasteiger partial charge in [-0.1, -0.05) is 6.07 Å². The molecule has 0 fully saturated rings. The molecule has 0 aliphatic rings. The lowest BCUT2D eigenvalue weighted by Gasteiger charge is -2.22. The number of carbonyl (C=O) groups excluding carboxylic acids is 1. The van der Waals surface area contributed by atoms with Gasteiger partial charge in [0.25, 0.3) is 5.91 Å². The average Bonchev–Trinajstić information content (AvgIpc) is 3.15. The van der Waals surface area contributed by atoms with Gasteiger partial charge in [0.05, 0.1) is 12.1 Å². The minimum absolute atomic E-state index is 0.144. The summed E-state index contributed by atoms with van der Waals surface area (Å²) in [6.45, 7) is 3.65. The summed E-state index contributed by atoms with van der Waals surface area (Å²) < 4.78 is 1.76. The van der Waals surface area contributed by atoms with E-state index in [4.69, 9.17) is 0 Å². The highest BCUT2D eigenvalue weighted by Crippen LogP contribution is 2.24. The number of hydrogen-bond donors (Lipinski definition) is 2. The van der Waals surface area contributed by atoms with Crippen molar-refractivity contribution in [3.05, 3.63) is 52.1 Å². The molecule has 7 heteroatoms. The maximum atomic E-state index is 12.3. The minimum atomic E-state index is -1.08. The number of nitrogens with zero attached hydrogens (tertiary/aromatic N) is 3. The van der Waals surface area contributed by atoms with Gasteiger partial charge in [0.1, 0.15) is 11.4 Å². The summed E-state index contributed by atoms with van der Waals surface area (Å²) in [5.74, 6) is 0.474. The smallest absolute Gasteiger partial charge is 0.252 e. The molecule has 3 heterocycles. The molecule has 6 nitrogen and oxygen atoms in total. The van der Waals surface area contributed by atoms with Gasteiger partial charge in [0.2, 0.25) is 0 Å². The Morgan fingerprint density at radius 2 is 2.23 bits per heavy atom. The quantitative estimate of drug-likeness (QED) is 0.768. The zero-order chi connectivity index (χ0) is 15.7. The van der Waals surface area contributed by atoms with Crippen molar-refractivity contribution in [2.45, 2.75) is 19.4 Å². The highest BCUT2D eigenvalue weighted by molar-refractivity contribution is 7.10. The first kappa shape index (κ1) is 14.7. The van der Waals surface area contributed by atoms with E-state index in [9.17, 15) is 9.90 Å². The molecule has 0 spiro atoms. The first-order valence-electron chi connectivity index (χ1n) is 6.83. The lowest BCUT2D eigenvalue weighted by molar-refractivity contribution is 0.0556. The Morgan fingerprint density at radius 3 is 2.95 bits per heavy atom. The normalized spacial score (nSPS) is 14.0. The molecule has 2 N–H and O–H groups in total. The molecule has 3 aromatic heterocycles. The molecule has 3 aromatic rings. The van der Waals surface area contributed by atoms with Crippen LogP contribution in [-0.2, 0) is 5.60 Å². The van der Waals surface area contributed by atoms with Gasteiger partial charge in [-0.3, -0.25) is 9.20 Å². The molecule has 1 atom stereocenters. The second kappa shape index (κ2) is 5.51. The maximum absolute atomic E-state index is 12.3. The molecular formula is C15H16N4O2S. The fourth-order valence-corrected chi connectivity index (χ4v) is 2.95. The molecule has 0 aliphatic heterocycles. The number of aromatic nitrogens is 3. The van der Waals surface area contributed by atoms with Gasteiger partial charge < -0.3 is 10.4 Å². The number of rotatable bonds is 4. The predicted octanol–water partition coefficient (Wildman–Crippen LogP) is 1.74. The van der Waals surface area contributed by atoms with Crippen LogP contribution in [0.5, 0.6) is 0 Å². The van der Waals surface area contributed by atoms with Crippen molar-refractivity contribution in [2.24, 2.45) is 0 Å². The van der Waals surface area contributed by atoms with E-state index in [0.717, 1.165) is 10.7 Å². The van der Waals surface area contributed by atoms with Gasteiger partial charge in [0, 0.05) is 11.1 Å². The van der Waals surface area contributed by atoms with Crippen LogP contribution >= 0.6 is 11.3 Å². The van der Waals surface area contributed by atoms with Gasteiger partial charge in [-0.2, -0.15) is 0 Å². The monoisotopic (exact) mass is 316 g/mol. The number of amides is 1. The van der Waals surface area contributed by atoms with E-state index in [1.54, 1.807) is 29.7 Å². The topological polar surface area (TPSA) is 79.5 Å². The molecular weight excluding hydrogens is 300 g/mol. The Kier molecular flexibility index (Phi) is 3.67. The molecule has 0 radical (unpaired) electrons. The SMILES string of the molecule is Cc1nnc2ccc(C(=O)NCC(C)(O)c3cccs3)cn12. The van der Waals surface area contributed by atoms with Crippen molar-refractivity contribution in [2.75, 3.05) is 6.54 Å². The summed E-state index contributed by atoms with van der Waals surface area (Å²) in [5.41, 5.74) is 0.109. The first-order valence-corrected chi connectivity index (χ1v) is 7.71. The van der Waals surface area contributed by atoms with E-state index < -0.39 is 5.60 Å². The fraction of sp³-hybridized carbons (Fsp3) is 0.267. The molecule has 0 saturated carbocycles. The maximum Gasteiger partial charge on any atom is 0.252 e. The van der Waals surface area contributed by atoms with Gasteiger partial charge in [-0.25, -0.2) is 0 Å². The number of hydrogen-bond acceptors (Lipinski definition) is 5. The number of nitrogens with one attached hydrogen (secondary N) is 1. The zero-order valence-corrected chi connectivity index (χ0v) is 13.1. The predicted molar refractivity (Wildman–Crippen MR) is 83.9 cm³/mol. The number of fused-ring (bicyclic) bond motifs is 1. The summed E-state index contributed by atoms with van der Waals surface area (Å²) in [6, 6.07) is 7.16. The van der Waals surface area contributed by atoms with Crippen molar-refractivity contribution >= 4 is 22.9 Å². The fourth-order valence-electron chi connectivity index (χ4n) is 2.17. The molecule has 1 amide bonds. The summed E-state index contributed by atoms with van der Waals surface area (Å²) in [4.78, 5) is 13.1. The van der Waals surface area contributed by atoms with Crippen molar-refractivity contribution in [3.63, 3.8) is 0 Å². The van der Waals surface area contributed by atoms with Crippen LogP contribution in [0.15, 0.2) is 35.8 Å². The van der Waals surface area contributed by atoms with Crippen LogP contribution in [0.2, 0.25) is 0 Å². The third-order valence-corrected chi connectivity index (χ3v) is 4.60. The van der Waals surface area contributed by atoms with Gasteiger partial charge in [-0.15, -0.1) is 21.5 Å². The van der Waals surface area contributed by atoms with E-state index in [-0.39, 0.29) is 12.5 Å². The van der Waals surface area contributed by atoms with Crippen molar-refractivity contribution in [1.82, 2.24) is 19.9 Å². The van der Waals surface area contributed by atoms with E-state index in [2.05, 4.69) is 15.5 Å². The highest BCUT2D eigenvalue weighted by atomic mass is 32.1. The third kappa shape index (κ3) is 2.72. The number of carbonyl (C=O) groups is 1. The number of aryl methyl sites for hydroxylation is 1. The number of pyridine rings is 1. The van der Waals surface area contributed by atoms with Crippen LogP contribution in [0.3, 0.4) is 0 Å². The molecule has 3 rings (SSSR count). The summed E-state index contributed by atoms with van der Waals surface area (Å²) in [7, 11) is 0. The van der Waals surface area contributed by atoms with Gasteiger partial charge >= 0.3 is 0 Å². The lowest BCUT2D eigenvalue weighted by Crippen LogP contribution is -2.38. The summed E-state index contributed by atoms with van der Waals surface area (Å²) in [5, 5.41) is 23.0. The van der Waals surface area contributed by atoms with Gasteiger partial charge in [-0.05, 0) is 37.4 Å². The lowest BCUT2D eigenvalue weighted by atomic mass is 10.1. The molecule has 114 valence electrons. The van der Waals surface area contributed by atoms with Gasteiger partial charge in [0.15, 0.2) is 5.65 Å². The summed E-state index contributed by atoms with van der Waals surface area (Å²) in [6.07, 6.45) is 1.69. The van der Waals surface area contributed by atoms with Crippen LogP contribution in [0.4, 0.5) is 0 Å². The highest BCUT2D eigenvalue weighted by Gasteiger charge is 2.25. The van der Waals surface area contributed by atoms with E-state index in [1.165, 1.54) is 11.3 Å².